The van der Waals surface area contributed by atoms with E-state index in [4.69, 9.17) is 5.11 Å². The Balaban J connectivity index is 1.83. The zero-order valence-electron chi connectivity index (χ0n) is 11.1. The summed E-state index contributed by atoms with van der Waals surface area (Å²) in [4.78, 5) is 21.1. The van der Waals surface area contributed by atoms with Crippen LogP contribution in [0, 0.1) is 16.0 Å². The van der Waals surface area contributed by atoms with Gasteiger partial charge in [-0.05, 0) is 31.2 Å². The van der Waals surface area contributed by atoms with Crippen molar-refractivity contribution in [1.82, 2.24) is 5.32 Å². The molecule has 2 N–H and O–H groups in total. The van der Waals surface area contributed by atoms with Crippen molar-refractivity contribution in [2.24, 2.45) is 5.92 Å². The molecule has 0 amide bonds. The highest BCUT2D eigenvalue weighted by Gasteiger charge is 2.25. The number of non-ortho nitro benzene ring substituents is 1. The molecule has 108 valence electrons. The lowest BCUT2D eigenvalue weighted by Gasteiger charge is -2.26. The van der Waals surface area contributed by atoms with Crippen LogP contribution in [0.3, 0.4) is 0 Å². The average Bonchev–Trinajstić information content (AvgIpc) is 2.46. The molecule has 6 heteroatoms. The first kappa shape index (κ1) is 14.5. The van der Waals surface area contributed by atoms with Crippen LogP contribution in [0.25, 0.3) is 0 Å². The number of nitrogens with zero attached hydrogens (tertiary/aromatic N) is 1. The van der Waals surface area contributed by atoms with Crippen molar-refractivity contribution in [2.45, 2.75) is 38.3 Å². The predicted octanol–water partition coefficient (Wildman–Crippen LogP) is 2.33. The normalized spacial score (nSPS) is 22.4. The van der Waals surface area contributed by atoms with Crippen molar-refractivity contribution in [2.75, 3.05) is 0 Å². The monoisotopic (exact) mass is 278 g/mol. The second-order valence-corrected chi connectivity index (χ2v) is 5.19. The molecule has 1 aliphatic rings. The molecule has 2 rings (SSSR count). The molecular weight excluding hydrogens is 260 g/mol. The third kappa shape index (κ3) is 3.77. The molecule has 20 heavy (non-hydrogen) atoms. The van der Waals surface area contributed by atoms with Crippen LogP contribution in [0.4, 0.5) is 5.69 Å². The SMILES string of the molecule is O=C(O)C1CCC(NCc2cccc([N+](=O)[O-])c2)CC1. The Bertz CT molecular complexity index is 496. The Hall–Kier alpha value is -1.95. The van der Waals surface area contributed by atoms with Gasteiger partial charge in [0.2, 0.25) is 0 Å². The highest BCUT2D eigenvalue weighted by Crippen LogP contribution is 2.24. The van der Waals surface area contributed by atoms with E-state index < -0.39 is 10.9 Å². The molecule has 0 spiro atoms. The number of carbonyl (C=O) groups is 1. The van der Waals surface area contributed by atoms with E-state index in [-0.39, 0.29) is 11.6 Å². The maximum Gasteiger partial charge on any atom is 0.306 e. The average molecular weight is 278 g/mol. The van der Waals surface area contributed by atoms with Gasteiger partial charge in [-0.25, -0.2) is 0 Å². The molecule has 1 saturated carbocycles. The van der Waals surface area contributed by atoms with Crippen LogP contribution in [0.2, 0.25) is 0 Å². The zero-order valence-corrected chi connectivity index (χ0v) is 11.1. The number of benzene rings is 1. The van der Waals surface area contributed by atoms with Crippen molar-refractivity contribution in [3.8, 4) is 0 Å². The highest BCUT2D eigenvalue weighted by atomic mass is 16.6. The Labute approximate surface area is 117 Å². The van der Waals surface area contributed by atoms with Gasteiger partial charge in [-0.3, -0.25) is 14.9 Å². The van der Waals surface area contributed by atoms with E-state index in [0.29, 0.717) is 25.4 Å². The number of carboxylic acids is 1. The minimum atomic E-state index is -0.706. The third-order valence-corrected chi connectivity index (χ3v) is 3.79. The van der Waals surface area contributed by atoms with Crippen molar-refractivity contribution in [3.05, 3.63) is 39.9 Å². The zero-order chi connectivity index (χ0) is 14.5. The Morgan fingerprint density at radius 1 is 1.35 bits per heavy atom. The van der Waals surface area contributed by atoms with Crippen LogP contribution in [-0.4, -0.2) is 22.0 Å². The van der Waals surface area contributed by atoms with Crippen LogP contribution in [-0.2, 0) is 11.3 Å². The van der Waals surface area contributed by atoms with E-state index in [1.54, 1.807) is 12.1 Å². The van der Waals surface area contributed by atoms with Crippen LogP contribution in [0.5, 0.6) is 0 Å². The van der Waals surface area contributed by atoms with Gasteiger partial charge in [0.15, 0.2) is 0 Å². The lowest BCUT2D eigenvalue weighted by atomic mass is 9.86. The second-order valence-electron chi connectivity index (χ2n) is 5.19. The van der Waals surface area contributed by atoms with Gasteiger partial charge < -0.3 is 10.4 Å². The number of aliphatic carboxylic acids is 1. The van der Waals surface area contributed by atoms with E-state index in [9.17, 15) is 14.9 Å². The summed E-state index contributed by atoms with van der Waals surface area (Å²) in [5.41, 5.74) is 0.971. The fourth-order valence-electron chi connectivity index (χ4n) is 2.59. The fourth-order valence-corrected chi connectivity index (χ4v) is 2.59. The Morgan fingerprint density at radius 2 is 2.05 bits per heavy atom. The van der Waals surface area contributed by atoms with E-state index in [0.717, 1.165) is 18.4 Å². The van der Waals surface area contributed by atoms with Gasteiger partial charge in [-0.2, -0.15) is 0 Å². The molecule has 0 heterocycles. The van der Waals surface area contributed by atoms with Gasteiger partial charge in [0.25, 0.3) is 5.69 Å². The number of nitro groups is 1. The van der Waals surface area contributed by atoms with Crippen LogP contribution in [0.15, 0.2) is 24.3 Å². The van der Waals surface area contributed by atoms with Crippen molar-refractivity contribution in [1.29, 1.82) is 0 Å². The van der Waals surface area contributed by atoms with Gasteiger partial charge >= 0.3 is 5.97 Å². The largest absolute Gasteiger partial charge is 0.481 e. The molecule has 6 nitrogen and oxygen atoms in total. The first-order chi connectivity index (χ1) is 9.56. The van der Waals surface area contributed by atoms with Gasteiger partial charge in [0, 0.05) is 24.7 Å². The molecule has 1 aromatic carbocycles. The number of hydrogen-bond acceptors (Lipinski definition) is 4. The topological polar surface area (TPSA) is 92.5 Å². The van der Waals surface area contributed by atoms with E-state index >= 15 is 0 Å². The molecule has 0 saturated heterocycles. The molecule has 1 aliphatic carbocycles. The van der Waals surface area contributed by atoms with E-state index in [1.165, 1.54) is 6.07 Å². The van der Waals surface area contributed by atoms with Gasteiger partial charge in [-0.15, -0.1) is 0 Å². The number of nitro benzene ring substituents is 1. The summed E-state index contributed by atoms with van der Waals surface area (Å²) in [6.07, 6.45) is 3.07. The first-order valence-electron chi connectivity index (χ1n) is 6.76. The molecule has 1 fully saturated rings. The van der Waals surface area contributed by atoms with Gasteiger partial charge in [0.1, 0.15) is 0 Å². The molecule has 0 aromatic heterocycles. The number of carboxylic acid groups (broad SMARTS) is 1. The third-order valence-electron chi connectivity index (χ3n) is 3.79. The molecule has 0 unspecified atom stereocenters. The van der Waals surface area contributed by atoms with Crippen LogP contribution < -0.4 is 5.32 Å². The molecule has 0 atom stereocenters. The number of rotatable bonds is 5. The summed E-state index contributed by atoms with van der Waals surface area (Å²) < 4.78 is 0. The second kappa shape index (κ2) is 6.47. The Morgan fingerprint density at radius 3 is 2.65 bits per heavy atom. The first-order valence-corrected chi connectivity index (χ1v) is 6.76. The van der Waals surface area contributed by atoms with Crippen molar-refractivity contribution < 1.29 is 14.8 Å². The van der Waals surface area contributed by atoms with E-state index in [1.807, 2.05) is 6.07 Å². The van der Waals surface area contributed by atoms with Gasteiger partial charge in [0.05, 0.1) is 10.8 Å². The molecule has 0 aliphatic heterocycles. The molecule has 0 radical (unpaired) electrons. The Kier molecular flexibility index (Phi) is 4.68. The summed E-state index contributed by atoms with van der Waals surface area (Å²) in [7, 11) is 0. The van der Waals surface area contributed by atoms with Crippen molar-refractivity contribution in [3.63, 3.8) is 0 Å². The summed E-state index contributed by atoms with van der Waals surface area (Å²) in [6, 6.07) is 6.86. The minimum Gasteiger partial charge on any atom is -0.481 e. The van der Waals surface area contributed by atoms with E-state index in [2.05, 4.69) is 5.32 Å². The summed E-state index contributed by atoms with van der Waals surface area (Å²) in [5, 5.41) is 23.0. The highest BCUT2D eigenvalue weighted by molar-refractivity contribution is 5.70. The van der Waals surface area contributed by atoms with Crippen molar-refractivity contribution >= 4 is 11.7 Å². The molecule has 1 aromatic rings. The van der Waals surface area contributed by atoms with Crippen LogP contribution >= 0.6 is 0 Å². The fraction of sp³-hybridized carbons (Fsp3) is 0.500. The molecular formula is C14H18N2O4. The van der Waals surface area contributed by atoms with Crippen LogP contribution in [0.1, 0.15) is 31.2 Å². The molecule has 0 bridgehead atoms. The lowest BCUT2D eigenvalue weighted by molar-refractivity contribution is -0.384. The van der Waals surface area contributed by atoms with Gasteiger partial charge in [-0.1, -0.05) is 12.1 Å². The summed E-state index contributed by atoms with van der Waals surface area (Å²) in [6.45, 7) is 0.573. The smallest absolute Gasteiger partial charge is 0.306 e. The maximum absolute atomic E-state index is 10.9. The standard InChI is InChI=1S/C14H18N2O4/c17-14(18)11-4-6-12(7-5-11)15-9-10-2-1-3-13(8-10)16(19)20/h1-3,8,11-12,15H,4-7,9H2,(H,17,18). The number of nitrogens with one attached hydrogen (secondary N) is 1. The lowest BCUT2D eigenvalue weighted by Crippen LogP contribution is -2.34. The number of hydrogen-bond donors (Lipinski definition) is 2. The summed E-state index contributed by atoms with van der Waals surface area (Å²) >= 11 is 0. The summed E-state index contributed by atoms with van der Waals surface area (Å²) in [5.74, 6) is -0.923. The minimum absolute atomic E-state index is 0.0962. The predicted molar refractivity (Wildman–Crippen MR) is 73.3 cm³/mol. The quantitative estimate of drug-likeness (QED) is 0.637. The maximum atomic E-state index is 10.9.